The lowest BCUT2D eigenvalue weighted by Crippen LogP contribution is -2.23. The van der Waals surface area contributed by atoms with Gasteiger partial charge in [0.2, 0.25) is 0 Å². The van der Waals surface area contributed by atoms with Crippen molar-refractivity contribution >= 4 is 16.5 Å². The van der Waals surface area contributed by atoms with E-state index in [4.69, 9.17) is 0 Å². The predicted molar refractivity (Wildman–Crippen MR) is 71.3 cm³/mol. The average molecular weight is 255 g/mol. The zero-order valence-electron chi connectivity index (χ0n) is 10.5. The van der Waals surface area contributed by atoms with E-state index in [0.29, 0.717) is 5.92 Å². The number of hydrogen-bond donors (Lipinski definition) is 2. The van der Waals surface area contributed by atoms with Crippen LogP contribution >= 0.6 is 11.3 Å². The zero-order valence-corrected chi connectivity index (χ0v) is 11.3. The molecule has 2 unspecified atom stereocenters. The van der Waals surface area contributed by atoms with Gasteiger partial charge < -0.3 is 10.4 Å². The van der Waals surface area contributed by atoms with Crippen molar-refractivity contribution < 1.29 is 5.11 Å². The summed E-state index contributed by atoms with van der Waals surface area (Å²) in [6.45, 7) is 7.95. The van der Waals surface area contributed by atoms with Gasteiger partial charge in [-0.1, -0.05) is 0 Å². The van der Waals surface area contributed by atoms with Crippen LogP contribution < -0.4 is 5.32 Å². The number of hydrogen-bond acceptors (Lipinski definition) is 5. The Labute approximate surface area is 107 Å². The number of rotatable bonds is 5. The number of aliphatic hydroxyl groups is 1. The summed E-state index contributed by atoms with van der Waals surface area (Å²) in [4.78, 5) is 8.04. The van der Waals surface area contributed by atoms with Crippen molar-refractivity contribution in [2.75, 3.05) is 25.0 Å². The van der Waals surface area contributed by atoms with Crippen molar-refractivity contribution in [3.63, 3.8) is 0 Å². The predicted octanol–water partition coefficient (Wildman–Crippen LogP) is 1.78. The van der Waals surface area contributed by atoms with Gasteiger partial charge >= 0.3 is 0 Å². The molecule has 1 fully saturated rings. The Morgan fingerprint density at radius 1 is 1.71 bits per heavy atom. The first-order valence-corrected chi connectivity index (χ1v) is 7.09. The molecule has 2 heterocycles. The van der Waals surface area contributed by atoms with Gasteiger partial charge in [0, 0.05) is 30.7 Å². The molecule has 1 saturated heterocycles. The largest absolute Gasteiger partial charge is 0.393 e. The number of nitrogens with zero attached hydrogens (tertiary/aromatic N) is 2. The van der Waals surface area contributed by atoms with Crippen LogP contribution in [-0.2, 0) is 6.54 Å². The summed E-state index contributed by atoms with van der Waals surface area (Å²) < 4.78 is 0. The van der Waals surface area contributed by atoms with Crippen molar-refractivity contribution in [2.45, 2.75) is 32.9 Å². The van der Waals surface area contributed by atoms with Gasteiger partial charge in [-0.25, -0.2) is 4.98 Å². The smallest absolute Gasteiger partial charge is 0.182 e. The first kappa shape index (κ1) is 12.8. The summed E-state index contributed by atoms with van der Waals surface area (Å²) in [6, 6.07) is 0. The topological polar surface area (TPSA) is 48.4 Å². The second-order valence-electron chi connectivity index (χ2n) is 4.69. The molecule has 2 atom stereocenters. The van der Waals surface area contributed by atoms with Gasteiger partial charge in [-0.15, -0.1) is 11.3 Å². The van der Waals surface area contributed by atoms with E-state index in [1.165, 1.54) is 4.88 Å². The highest BCUT2D eigenvalue weighted by atomic mass is 32.1. The maximum atomic E-state index is 9.56. The number of aromatic nitrogens is 1. The molecule has 0 spiro atoms. The van der Waals surface area contributed by atoms with Gasteiger partial charge in [-0.2, -0.15) is 0 Å². The molecule has 0 saturated carbocycles. The second-order valence-corrected chi connectivity index (χ2v) is 5.80. The lowest BCUT2D eigenvalue weighted by atomic mass is 10.0. The Kier molecular flexibility index (Phi) is 4.36. The quantitative estimate of drug-likeness (QED) is 0.842. The maximum absolute atomic E-state index is 9.56. The van der Waals surface area contributed by atoms with Crippen LogP contribution in [0.2, 0.25) is 0 Å². The summed E-state index contributed by atoms with van der Waals surface area (Å²) in [7, 11) is 0. The fourth-order valence-electron chi connectivity index (χ4n) is 2.23. The lowest BCUT2D eigenvalue weighted by Gasteiger charge is -2.16. The molecule has 2 rings (SSSR count). The van der Waals surface area contributed by atoms with Gasteiger partial charge in [0.05, 0.1) is 6.10 Å². The molecule has 1 aliphatic rings. The maximum Gasteiger partial charge on any atom is 0.182 e. The fraction of sp³-hybridized carbons (Fsp3) is 0.750. The second kappa shape index (κ2) is 5.80. The minimum absolute atomic E-state index is 0.182. The van der Waals surface area contributed by atoms with Crippen LogP contribution in [0.15, 0.2) is 6.20 Å². The Bertz CT molecular complexity index is 353. The van der Waals surface area contributed by atoms with E-state index in [1.54, 1.807) is 11.3 Å². The Morgan fingerprint density at radius 2 is 2.53 bits per heavy atom. The van der Waals surface area contributed by atoms with Crippen LogP contribution in [0.4, 0.5) is 5.13 Å². The van der Waals surface area contributed by atoms with Gasteiger partial charge in [0.1, 0.15) is 0 Å². The Hall–Kier alpha value is -0.650. The molecule has 1 aromatic heterocycles. The number of likely N-dealkylation sites (tertiary alicyclic amines) is 1. The van der Waals surface area contributed by atoms with Crippen molar-refractivity contribution in [3.8, 4) is 0 Å². The molecule has 5 heteroatoms. The molecule has 0 aliphatic carbocycles. The summed E-state index contributed by atoms with van der Waals surface area (Å²) >= 11 is 1.73. The molecular formula is C12H21N3OS. The third kappa shape index (κ3) is 3.40. The molecule has 0 amide bonds. The van der Waals surface area contributed by atoms with E-state index in [2.05, 4.69) is 22.1 Å². The monoisotopic (exact) mass is 255 g/mol. The normalized spacial score (nSPS) is 22.9. The van der Waals surface area contributed by atoms with Crippen LogP contribution in [-0.4, -0.2) is 40.7 Å². The van der Waals surface area contributed by atoms with Gasteiger partial charge in [-0.3, -0.25) is 4.90 Å². The highest BCUT2D eigenvalue weighted by Crippen LogP contribution is 2.24. The van der Waals surface area contributed by atoms with Crippen LogP contribution in [0.1, 0.15) is 25.1 Å². The van der Waals surface area contributed by atoms with Crippen LogP contribution in [0.25, 0.3) is 0 Å². The van der Waals surface area contributed by atoms with Crippen molar-refractivity contribution in [3.05, 3.63) is 11.1 Å². The summed E-state index contributed by atoms with van der Waals surface area (Å²) in [5.41, 5.74) is 0. The average Bonchev–Trinajstić information content (AvgIpc) is 2.89. The van der Waals surface area contributed by atoms with Crippen molar-refractivity contribution in [2.24, 2.45) is 5.92 Å². The molecule has 17 heavy (non-hydrogen) atoms. The molecule has 0 radical (unpaired) electrons. The number of thiazole rings is 1. The van der Waals surface area contributed by atoms with Gasteiger partial charge in [0.15, 0.2) is 5.13 Å². The Balaban J connectivity index is 1.84. The van der Waals surface area contributed by atoms with E-state index in [-0.39, 0.29) is 6.10 Å². The lowest BCUT2D eigenvalue weighted by molar-refractivity contribution is 0.127. The zero-order chi connectivity index (χ0) is 12.3. The highest BCUT2D eigenvalue weighted by Gasteiger charge is 2.26. The molecular weight excluding hydrogens is 234 g/mol. The van der Waals surface area contributed by atoms with Crippen molar-refractivity contribution in [1.82, 2.24) is 9.88 Å². The third-order valence-corrected chi connectivity index (χ3v) is 4.19. The third-order valence-electron chi connectivity index (χ3n) is 3.25. The number of aliphatic hydroxyl groups excluding tert-OH is 1. The standard InChI is InChI=1S/C12H21N3OS/c1-3-13-12-14-6-11(17-12)8-15-5-4-10(7-15)9(2)16/h6,9-10,16H,3-5,7-8H2,1-2H3,(H,13,14). The van der Waals surface area contributed by atoms with E-state index in [0.717, 1.165) is 37.7 Å². The molecule has 0 aromatic carbocycles. The molecule has 4 nitrogen and oxygen atoms in total. The minimum atomic E-state index is -0.182. The molecule has 96 valence electrons. The van der Waals surface area contributed by atoms with E-state index < -0.39 is 0 Å². The number of nitrogens with one attached hydrogen (secondary N) is 1. The van der Waals surface area contributed by atoms with Crippen LogP contribution in [0, 0.1) is 5.92 Å². The van der Waals surface area contributed by atoms with Crippen LogP contribution in [0.3, 0.4) is 0 Å². The van der Waals surface area contributed by atoms with E-state index in [9.17, 15) is 5.11 Å². The molecule has 1 aromatic rings. The summed E-state index contributed by atoms with van der Waals surface area (Å²) in [5.74, 6) is 0.441. The van der Waals surface area contributed by atoms with Crippen LogP contribution in [0.5, 0.6) is 0 Å². The first-order valence-electron chi connectivity index (χ1n) is 6.28. The summed E-state index contributed by atoms with van der Waals surface area (Å²) in [5, 5.41) is 13.8. The van der Waals surface area contributed by atoms with E-state index in [1.807, 2.05) is 13.1 Å². The van der Waals surface area contributed by atoms with Gasteiger partial charge in [-0.05, 0) is 32.7 Å². The SMILES string of the molecule is CCNc1ncc(CN2CCC(C(C)O)C2)s1. The highest BCUT2D eigenvalue weighted by molar-refractivity contribution is 7.15. The number of anilines is 1. The van der Waals surface area contributed by atoms with Crippen molar-refractivity contribution in [1.29, 1.82) is 0 Å². The molecule has 0 bridgehead atoms. The fourth-order valence-corrected chi connectivity index (χ4v) is 3.16. The Morgan fingerprint density at radius 3 is 3.18 bits per heavy atom. The van der Waals surface area contributed by atoms with Gasteiger partial charge in [0.25, 0.3) is 0 Å². The summed E-state index contributed by atoms with van der Waals surface area (Å²) in [6.07, 6.45) is 2.88. The molecule has 2 N–H and O–H groups in total. The first-order chi connectivity index (χ1) is 8.19. The minimum Gasteiger partial charge on any atom is -0.393 e. The van der Waals surface area contributed by atoms with E-state index >= 15 is 0 Å². The molecule has 1 aliphatic heterocycles.